The highest BCUT2D eigenvalue weighted by Crippen LogP contribution is 2.49. The molecule has 4 heteroatoms. The molecule has 1 saturated heterocycles. The lowest BCUT2D eigenvalue weighted by atomic mass is 10.0. The Hall–Kier alpha value is -0.220. The molecule has 2 unspecified atom stereocenters. The second kappa shape index (κ2) is 4.81. The molecule has 1 saturated carbocycles. The fourth-order valence-corrected chi connectivity index (χ4v) is 3.04. The van der Waals surface area contributed by atoms with Gasteiger partial charge in [0, 0.05) is 31.6 Å². The topological polar surface area (TPSA) is 23.6 Å². The van der Waals surface area contributed by atoms with E-state index in [1.54, 1.807) is 0 Å². The molecule has 0 radical (unpaired) electrons. The lowest BCUT2D eigenvalue weighted by Crippen LogP contribution is -2.56. The first kappa shape index (κ1) is 13.2. The second-order valence-electron chi connectivity index (χ2n) is 6.00. The molecule has 2 aliphatic rings. The zero-order valence-corrected chi connectivity index (χ0v) is 12.0. The van der Waals surface area contributed by atoms with Gasteiger partial charge < -0.3 is 4.90 Å². The number of nitrogens with zero attached hydrogens (tertiary/aromatic N) is 2. The zero-order valence-electron chi connectivity index (χ0n) is 11.1. The van der Waals surface area contributed by atoms with Crippen molar-refractivity contribution in [2.45, 2.75) is 45.2 Å². The summed E-state index contributed by atoms with van der Waals surface area (Å²) in [6.45, 7) is 6.15. The molecule has 3 nitrogen and oxygen atoms in total. The number of hydrogen-bond acceptors (Lipinski definition) is 3. The van der Waals surface area contributed by atoms with Gasteiger partial charge in [0.25, 0.3) is 0 Å². The normalized spacial score (nSPS) is 32.6. The van der Waals surface area contributed by atoms with Gasteiger partial charge in [-0.1, -0.05) is 0 Å². The van der Waals surface area contributed by atoms with E-state index in [1.807, 2.05) is 0 Å². The molecule has 0 N–H and O–H groups in total. The highest BCUT2D eigenvalue weighted by atomic mass is 32.1. The van der Waals surface area contributed by atoms with Crippen molar-refractivity contribution < 1.29 is 4.79 Å². The average molecular weight is 256 g/mol. The Morgan fingerprint density at radius 3 is 2.24 bits per heavy atom. The van der Waals surface area contributed by atoms with Crippen LogP contribution in [0, 0.1) is 5.41 Å². The number of likely N-dealkylation sites (N-methyl/N-ethyl adjacent to an activating group) is 1. The summed E-state index contributed by atoms with van der Waals surface area (Å²) < 4.78 is 0. The van der Waals surface area contributed by atoms with Crippen LogP contribution in [0.1, 0.15) is 33.1 Å². The minimum absolute atomic E-state index is 0.246. The van der Waals surface area contributed by atoms with Gasteiger partial charge in [0.15, 0.2) is 0 Å². The van der Waals surface area contributed by atoms with E-state index in [1.165, 1.54) is 12.8 Å². The number of thiol groups is 1. The van der Waals surface area contributed by atoms with Crippen LogP contribution in [0.3, 0.4) is 0 Å². The minimum Gasteiger partial charge on any atom is -0.340 e. The van der Waals surface area contributed by atoms with Crippen molar-refractivity contribution in [2.75, 3.05) is 25.9 Å². The van der Waals surface area contributed by atoms with E-state index in [9.17, 15) is 4.79 Å². The van der Waals surface area contributed by atoms with Crippen molar-refractivity contribution in [3.8, 4) is 0 Å². The summed E-state index contributed by atoms with van der Waals surface area (Å²) in [6, 6.07) is 0.933. The van der Waals surface area contributed by atoms with Gasteiger partial charge in [0.05, 0.1) is 0 Å². The monoisotopic (exact) mass is 256 g/mol. The largest absolute Gasteiger partial charge is 0.340 e. The lowest BCUT2D eigenvalue weighted by Gasteiger charge is -2.42. The maximum atomic E-state index is 12.3. The molecular weight excluding hydrogens is 232 g/mol. The number of piperazine rings is 1. The standard InChI is InChI=1S/C13H24N2OS/c1-10-7-15(8-11(2)14(10)3)12(16)6-13(9-17)4-5-13/h10-11,17H,4-9H2,1-3H3. The third-order valence-electron chi connectivity index (χ3n) is 4.53. The Kier molecular flexibility index (Phi) is 3.74. The first-order valence-electron chi connectivity index (χ1n) is 6.58. The van der Waals surface area contributed by atoms with E-state index in [0.717, 1.165) is 18.8 Å². The number of hydrogen-bond donors (Lipinski definition) is 1. The van der Waals surface area contributed by atoms with Crippen LogP contribution >= 0.6 is 12.6 Å². The summed E-state index contributed by atoms with van der Waals surface area (Å²) >= 11 is 4.37. The molecule has 98 valence electrons. The molecule has 1 aliphatic heterocycles. The smallest absolute Gasteiger partial charge is 0.223 e. The summed E-state index contributed by atoms with van der Waals surface area (Å²) in [7, 11) is 2.15. The van der Waals surface area contributed by atoms with Crippen LogP contribution in [0.25, 0.3) is 0 Å². The number of amides is 1. The van der Waals surface area contributed by atoms with E-state index in [2.05, 4.69) is 43.3 Å². The summed E-state index contributed by atoms with van der Waals surface area (Å²) in [5, 5.41) is 0. The molecule has 2 atom stereocenters. The summed E-state index contributed by atoms with van der Waals surface area (Å²) in [5.41, 5.74) is 0.246. The minimum atomic E-state index is 0.246. The van der Waals surface area contributed by atoms with Crippen molar-refractivity contribution in [3.05, 3.63) is 0 Å². The highest BCUT2D eigenvalue weighted by molar-refractivity contribution is 7.80. The van der Waals surface area contributed by atoms with Crippen LogP contribution in [0.2, 0.25) is 0 Å². The first-order chi connectivity index (χ1) is 7.97. The van der Waals surface area contributed by atoms with Gasteiger partial charge in [-0.2, -0.15) is 12.6 Å². The molecule has 0 aromatic rings. The molecule has 0 aromatic heterocycles. The summed E-state index contributed by atoms with van der Waals surface area (Å²) in [5.74, 6) is 1.20. The maximum Gasteiger partial charge on any atom is 0.223 e. The Morgan fingerprint density at radius 1 is 1.29 bits per heavy atom. The summed E-state index contributed by atoms with van der Waals surface area (Å²) in [4.78, 5) is 16.7. The van der Waals surface area contributed by atoms with Crippen molar-refractivity contribution in [1.29, 1.82) is 0 Å². The fourth-order valence-electron chi connectivity index (χ4n) is 2.61. The molecule has 1 heterocycles. The molecule has 0 bridgehead atoms. The maximum absolute atomic E-state index is 12.3. The number of carbonyl (C=O) groups is 1. The Morgan fingerprint density at radius 2 is 1.82 bits per heavy atom. The third-order valence-corrected chi connectivity index (χ3v) is 5.20. The summed E-state index contributed by atoms with van der Waals surface area (Å²) in [6.07, 6.45) is 3.07. The van der Waals surface area contributed by atoms with Gasteiger partial charge >= 0.3 is 0 Å². The molecule has 17 heavy (non-hydrogen) atoms. The fraction of sp³-hybridized carbons (Fsp3) is 0.923. The van der Waals surface area contributed by atoms with Crippen LogP contribution in [-0.2, 0) is 4.79 Å². The van der Waals surface area contributed by atoms with Gasteiger partial charge in [-0.05, 0) is 44.9 Å². The van der Waals surface area contributed by atoms with Gasteiger partial charge in [0.1, 0.15) is 0 Å². The molecule has 0 spiro atoms. The van der Waals surface area contributed by atoms with E-state index < -0.39 is 0 Å². The highest BCUT2D eigenvalue weighted by Gasteiger charge is 2.44. The van der Waals surface area contributed by atoms with Gasteiger partial charge in [-0.3, -0.25) is 9.69 Å². The third kappa shape index (κ3) is 2.79. The van der Waals surface area contributed by atoms with E-state index in [0.29, 0.717) is 24.4 Å². The Labute approximate surface area is 110 Å². The van der Waals surface area contributed by atoms with Crippen LogP contribution in [0.5, 0.6) is 0 Å². The predicted molar refractivity (Wildman–Crippen MR) is 73.4 cm³/mol. The van der Waals surface area contributed by atoms with E-state index >= 15 is 0 Å². The van der Waals surface area contributed by atoms with E-state index in [4.69, 9.17) is 0 Å². The van der Waals surface area contributed by atoms with Crippen LogP contribution < -0.4 is 0 Å². The Bertz CT molecular complexity index is 292. The van der Waals surface area contributed by atoms with Gasteiger partial charge in [-0.15, -0.1) is 0 Å². The van der Waals surface area contributed by atoms with Crippen LogP contribution in [0.15, 0.2) is 0 Å². The van der Waals surface area contributed by atoms with Gasteiger partial charge in [-0.25, -0.2) is 0 Å². The second-order valence-corrected chi connectivity index (χ2v) is 6.31. The van der Waals surface area contributed by atoms with Crippen LogP contribution in [0.4, 0.5) is 0 Å². The molecule has 1 amide bonds. The van der Waals surface area contributed by atoms with Crippen molar-refractivity contribution in [2.24, 2.45) is 5.41 Å². The van der Waals surface area contributed by atoms with E-state index in [-0.39, 0.29) is 5.41 Å². The average Bonchev–Trinajstić information content (AvgIpc) is 3.05. The molecule has 1 aliphatic carbocycles. The molecule has 2 fully saturated rings. The SMILES string of the molecule is CC1CN(C(=O)CC2(CS)CC2)CC(C)N1C. The quantitative estimate of drug-likeness (QED) is 0.776. The number of rotatable bonds is 3. The zero-order chi connectivity index (χ0) is 12.6. The van der Waals surface area contributed by atoms with Crippen molar-refractivity contribution in [1.82, 2.24) is 9.80 Å². The molecular formula is C13H24N2OS. The van der Waals surface area contributed by atoms with Gasteiger partial charge in [0.2, 0.25) is 5.91 Å². The molecule has 2 rings (SSSR count). The van der Waals surface area contributed by atoms with Crippen molar-refractivity contribution >= 4 is 18.5 Å². The lowest BCUT2D eigenvalue weighted by molar-refractivity contribution is -0.136. The van der Waals surface area contributed by atoms with Crippen LogP contribution in [-0.4, -0.2) is 53.7 Å². The predicted octanol–water partition coefficient (Wildman–Crippen LogP) is 1.64. The molecule has 0 aromatic carbocycles. The van der Waals surface area contributed by atoms with Crippen molar-refractivity contribution in [3.63, 3.8) is 0 Å². The number of carbonyl (C=O) groups excluding carboxylic acids is 1. The Balaban J connectivity index is 1.92. The first-order valence-corrected chi connectivity index (χ1v) is 7.21.